The van der Waals surface area contributed by atoms with Gasteiger partial charge in [-0.05, 0) is 60.1 Å². The van der Waals surface area contributed by atoms with Gasteiger partial charge in [0.15, 0.2) is 0 Å². The molecule has 138 valence electrons. The van der Waals surface area contributed by atoms with Gasteiger partial charge in [0.05, 0.1) is 28.8 Å². The summed E-state index contributed by atoms with van der Waals surface area (Å²) in [7, 11) is 4.87. The third kappa shape index (κ3) is 2.88. The summed E-state index contributed by atoms with van der Waals surface area (Å²) in [6.45, 7) is 4.15. The highest BCUT2D eigenvalue weighted by Crippen LogP contribution is 2.53. The van der Waals surface area contributed by atoms with Gasteiger partial charge in [-0.1, -0.05) is 45.0 Å². The van der Waals surface area contributed by atoms with Gasteiger partial charge in [0.25, 0.3) is 5.91 Å². The van der Waals surface area contributed by atoms with Crippen LogP contribution >= 0.6 is 48.8 Å². The summed E-state index contributed by atoms with van der Waals surface area (Å²) >= 11 is 9.15. The van der Waals surface area contributed by atoms with Gasteiger partial charge in [-0.2, -0.15) is 0 Å². The van der Waals surface area contributed by atoms with Gasteiger partial charge in [0.1, 0.15) is 9.57 Å². The summed E-state index contributed by atoms with van der Waals surface area (Å²) in [5.74, 6) is 0.701. The van der Waals surface area contributed by atoms with Gasteiger partial charge in [-0.15, -0.1) is 0 Å². The second-order valence-corrected chi connectivity index (χ2v) is 10.4. The van der Waals surface area contributed by atoms with Crippen molar-refractivity contribution in [3.8, 4) is 16.9 Å². The summed E-state index contributed by atoms with van der Waals surface area (Å²) in [6, 6.07) is 13.3. The Kier molecular flexibility index (Phi) is 4.74. The molecule has 3 nitrogen and oxygen atoms in total. The average Bonchev–Trinajstić information content (AvgIpc) is 3.04. The number of hydrogen-bond donors (Lipinski definition) is 0. The lowest BCUT2D eigenvalue weighted by Crippen LogP contribution is -2.47. The van der Waals surface area contributed by atoms with E-state index in [-0.39, 0.29) is 5.91 Å². The van der Waals surface area contributed by atoms with Crippen LogP contribution in [0.5, 0.6) is 5.75 Å². The van der Waals surface area contributed by atoms with Gasteiger partial charge in [-0.3, -0.25) is 9.69 Å². The minimum absolute atomic E-state index is 0.0474. The summed E-state index contributed by atoms with van der Waals surface area (Å²) in [5, 5.41) is 0. The van der Waals surface area contributed by atoms with E-state index in [9.17, 15) is 4.79 Å². The number of rotatable bonds is 2. The zero-order valence-corrected chi connectivity index (χ0v) is 18.9. The molecule has 0 spiro atoms. The fourth-order valence-corrected chi connectivity index (χ4v) is 7.19. The lowest BCUT2D eigenvalue weighted by atomic mass is 9.86. The van der Waals surface area contributed by atoms with E-state index in [1.54, 1.807) is 27.8 Å². The van der Waals surface area contributed by atoms with Crippen molar-refractivity contribution in [2.75, 3.05) is 12.0 Å². The fourth-order valence-electron chi connectivity index (χ4n) is 3.45. The van der Waals surface area contributed by atoms with Crippen LogP contribution in [-0.2, 0) is 5.54 Å². The van der Waals surface area contributed by atoms with Crippen molar-refractivity contribution in [1.82, 2.24) is 0 Å². The number of nitrogens with zero attached hydrogens (tertiary/aromatic N) is 1. The number of carbonyl (C=O) groups is 1. The number of anilines is 1. The molecule has 3 aromatic rings. The molecular weight excluding hydrogens is 462 g/mol. The number of halogens is 1. The van der Waals surface area contributed by atoms with Gasteiger partial charge < -0.3 is 4.74 Å². The Morgan fingerprint density at radius 1 is 1.19 bits per heavy atom. The Hall–Kier alpha value is -1.54. The lowest BCUT2D eigenvalue weighted by Gasteiger charge is -2.43. The predicted molar refractivity (Wildman–Crippen MR) is 119 cm³/mol. The van der Waals surface area contributed by atoms with Gasteiger partial charge >= 0.3 is 0 Å². The molecule has 0 saturated heterocycles. The smallest absolute Gasteiger partial charge is 0.260 e. The second-order valence-electron chi connectivity index (χ2n) is 6.72. The molecule has 1 aliphatic heterocycles. The SMILES string of the molecule is COc1ccc2c(c1)-c1c(ssc1=S)C(C)(C)N2C(=O)c1ccccc1Br. The van der Waals surface area contributed by atoms with Crippen LogP contribution in [0.1, 0.15) is 29.1 Å². The third-order valence-corrected chi connectivity index (χ3v) is 8.79. The Balaban J connectivity index is 2.00. The van der Waals surface area contributed by atoms with Crippen molar-refractivity contribution >= 4 is 60.4 Å². The Labute approximate surface area is 178 Å². The summed E-state index contributed by atoms with van der Waals surface area (Å²) < 4.78 is 7.06. The zero-order chi connectivity index (χ0) is 19.3. The van der Waals surface area contributed by atoms with Crippen molar-refractivity contribution in [2.45, 2.75) is 19.4 Å². The molecule has 1 aromatic heterocycles. The first-order valence-corrected chi connectivity index (χ1v) is 11.6. The highest BCUT2D eigenvalue weighted by atomic mass is 79.9. The van der Waals surface area contributed by atoms with Crippen LogP contribution in [0, 0.1) is 3.82 Å². The fraction of sp³-hybridized carbons (Fsp3) is 0.200. The van der Waals surface area contributed by atoms with E-state index in [1.165, 1.54) is 0 Å². The Morgan fingerprint density at radius 3 is 2.63 bits per heavy atom. The van der Waals surface area contributed by atoms with Crippen LogP contribution in [0.25, 0.3) is 11.1 Å². The van der Waals surface area contributed by atoms with Gasteiger partial charge in [-0.25, -0.2) is 0 Å². The summed E-state index contributed by atoms with van der Waals surface area (Å²) in [6.07, 6.45) is 0. The third-order valence-electron chi connectivity index (χ3n) is 4.77. The first kappa shape index (κ1) is 18.8. The second kappa shape index (κ2) is 6.81. The first-order chi connectivity index (χ1) is 12.9. The standard InChI is InChI=1S/C20H16BrNO2S3/c1-20(2)17-16(19(25)27-26-17)13-10-11(24-3)8-9-15(13)22(20)18(23)12-6-4-5-7-14(12)21/h4-10H,1-3H3. The van der Waals surface area contributed by atoms with Crippen LogP contribution in [0.2, 0.25) is 0 Å². The summed E-state index contributed by atoms with van der Waals surface area (Å²) in [5.41, 5.74) is 2.98. The van der Waals surface area contributed by atoms with E-state index in [2.05, 4.69) is 29.8 Å². The van der Waals surface area contributed by atoms with Gasteiger partial charge in [0, 0.05) is 15.6 Å². The number of hydrogen-bond acceptors (Lipinski definition) is 5. The number of benzene rings is 2. The van der Waals surface area contributed by atoms with Crippen LogP contribution in [0.15, 0.2) is 46.9 Å². The Morgan fingerprint density at radius 2 is 1.93 bits per heavy atom. The maximum atomic E-state index is 13.6. The van der Waals surface area contributed by atoms with E-state index < -0.39 is 5.54 Å². The highest BCUT2D eigenvalue weighted by Gasteiger charge is 2.43. The zero-order valence-electron chi connectivity index (χ0n) is 14.9. The van der Waals surface area contributed by atoms with Crippen LogP contribution in [0.3, 0.4) is 0 Å². The molecule has 2 heterocycles. The molecule has 27 heavy (non-hydrogen) atoms. The molecule has 4 rings (SSSR count). The van der Waals surface area contributed by atoms with Crippen molar-refractivity contribution in [2.24, 2.45) is 0 Å². The van der Waals surface area contributed by atoms with Crippen molar-refractivity contribution in [3.05, 3.63) is 61.2 Å². The number of ether oxygens (including phenoxy) is 1. The number of fused-ring (bicyclic) bond motifs is 3. The van der Waals surface area contributed by atoms with E-state index >= 15 is 0 Å². The lowest BCUT2D eigenvalue weighted by molar-refractivity contribution is 0.0961. The molecule has 0 unspecified atom stereocenters. The number of carbonyl (C=O) groups excluding carboxylic acids is 1. The van der Waals surface area contributed by atoms with E-state index in [4.69, 9.17) is 17.0 Å². The van der Waals surface area contributed by atoms with Crippen molar-refractivity contribution < 1.29 is 9.53 Å². The average molecular weight is 478 g/mol. The highest BCUT2D eigenvalue weighted by molar-refractivity contribution is 9.10. The molecule has 0 aliphatic carbocycles. The van der Waals surface area contributed by atoms with Crippen LogP contribution in [0.4, 0.5) is 5.69 Å². The largest absolute Gasteiger partial charge is 0.497 e. The number of methoxy groups -OCH3 is 1. The van der Waals surface area contributed by atoms with Gasteiger partial charge in [0.2, 0.25) is 0 Å². The van der Waals surface area contributed by atoms with Crippen LogP contribution < -0.4 is 9.64 Å². The number of amides is 1. The molecule has 0 N–H and O–H groups in total. The van der Waals surface area contributed by atoms with E-state index in [0.717, 1.165) is 35.7 Å². The van der Waals surface area contributed by atoms with E-state index in [1.807, 2.05) is 47.4 Å². The predicted octanol–water partition coefficient (Wildman–Crippen LogP) is 6.87. The minimum atomic E-state index is -0.512. The molecule has 7 heteroatoms. The van der Waals surface area contributed by atoms with Crippen molar-refractivity contribution in [3.63, 3.8) is 0 Å². The normalized spacial score (nSPS) is 14.4. The maximum absolute atomic E-state index is 13.6. The topological polar surface area (TPSA) is 29.5 Å². The molecule has 1 amide bonds. The van der Waals surface area contributed by atoms with E-state index in [0.29, 0.717) is 5.56 Å². The first-order valence-electron chi connectivity index (χ1n) is 8.27. The quantitative estimate of drug-likeness (QED) is 0.297. The Bertz CT molecular complexity index is 1120. The molecule has 0 atom stereocenters. The molecule has 0 radical (unpaired) electrons. The molecule has 1 aliphatic rings. The monoisotopic (exact) mass is 477 g/mol. The minimum Gasteiger partial charge on any atom is -0.497 e. The molecular formula is C20H16BrNO2S3. The summed E-state index contributed by atoms with van der Waals surface area (Å²) in [4.78, 5) is 16.6. The maximum Gasteiger partial charge on any atom is 0.260 e. The molecule has 2 aromatic carbocycles. The van der Waals surface area contributed by atoms with Crippen LogP contribution in [-0.4, -0.2) is 13.0 Å². The molecule has 0 saturated carbocycles. The van der Waals surface area contributed by atoms with Crippen molar-refractivity contribution in [1.29, 1.82) is 0 Å². The molecule has 0 fully saturated rings. The molecule has 0 bridgehead atoms.